The van der Waals surface area contributed by atoms with Crippen LogP contribution in [-0.4, -0.2) is 47.0 Å². The summed E-state index contributed by atoms with van der Waals surface area (Å²) in [5, 5.41) is 4.95. The third-order valence-corrected chi connectivity index (χ3v) is 5.57. The van der Waals surface area contributed by atoms with Crippen molar-refractivity contribution in [2.24, 2.45) is 0 Å². The van der Waals surface area contributed by atoms with E-state index in [4.69, 9.17) is 5.73 Å². The third kappa shape index (κ3) is 5.19. The zero-order valence-corrected chi connectivity index (χ0v) is 17.8. The zero-order valence-electron chi connectivity index (χ0n) is 17.8. The number of rotatable bonds is 4. The number of fused-ring (bicyclic) bond motifs is 1. The molecule has 3 N–H and O–H groups in total. The van der Waals surface area contributed by atoms with E-state index in [1.54, 1.807) is 24.7 Å². The minimum absolute atomic E-state index is 0.130. The van der Waals surface area contributed by atoms with E-state index in [0.29, 0.717) is 29.1 Å². The topological polar surface area (TPSA) is 84.1 Å². The molecule has 6 nitrogen and oxygen atoms in total. The molecule has 1 amide bonds. The van der Waals surface area contributed by atoms with Crippen molar-refractivity contribution in [2.45, 2.75) is 26.2 Å². The van der Waals surface area contributed by atoms with Gasteiger partial charge in [0.1, 0.15) is 5.82 Å². The lowest BCUT2D eigenvalue weighted by Crippen LogP contribution is -2.37. The summed E-state index contributed by atoms with van der Waals surface area (Å²) in [6.45, 7) is 5.78. The smallest absolute Gasteiger partial charge is 0.252 e. The number of carbonyl (C=O) groups excluding carboxylic acids is 1. The molecule has 0 saturated carbocycles. The number of pyridine rings is 2. The average molecular weight is 414 g/mol. The predicted octanol–water partition coefficient (Wildman–Crippen LogP) is 3.14. The molecule has 1 saturated heterocycles. The van der Waals surface area contributed by atoms with Crippen molar-refractivity contribution in [1.29, 1.82) is 0 Å². The van der Waals surface area contributed by atoms with Gasteiger partial charge >= 0.3 is 0 Å². The third-order valence-electron chi connectivity index (χ3n) is 5.57. The first-order valence-electron chi connectivity index (χ1n) is 10.7. The van der Waals surface area contributed by atoms with Gasteiger partial charge in [-0.1, -0.05) is 36.0 Å². The average Bonchev–Trinajstić information content (AvgIpc) is 2.79. The standard InChI is InChI=1S/C25H27N5O/c1-18-5-7-20-17-29-24(26)22(23(20)13-18)8-6-19-14-21(16-27-15-19)25(31)28-9-12-30-10-3-2-4-11-30/h5,7,13-17H,2-4,9-12H2,1H3,(H2,26,29)(H,28,31). The van der Waals surface area contributed by atoms with E-state index in [1.165, 1.54) is 19.3 Å². The van der Waals surface area contributed by atoms with Gasteiger partial charge in [0, 0.05) is 48.0 Å². The summed E-state index contributed by atoms with van der Waals surface area (Å²) < 4.78 is 0. The van der Waals surface area contributed by atoms with Crippen molar-refractivity contribution >= 4 is 22.5 Å². The number of anilines is 1. The Morgan fingerprint density at radius 2 is 1.97 bits per heavy atom. The van der Waals surface area contributed by atoms with Crippen LogP contribution in [0.2, 0.25) is 0 Å². The number of piperidine rings is 1. The van der Waals surface area contributed by atoms with Crippen molar-refractivity contribution in [2.75, 3.05) is 31.9 Å². The maximum absolute atomic E-state index is 12.5. The summed E-state index contributed by atoms with van der Waals surface area (Å²) in [7, 11) is 0. The molecule has 0 spiro atoms. The van der Waals surface area contributed by atoms with Gasteiger partial charge in [-0.15, -0.1) is 0 Å². The van der Waals surface area contributed by atoms with Crippen LogP contribution >= 0.6 is 0 Å². The number of likely N-dealkylation sites (tertiary alicyclic amines) is 1. The molecule has 0 radical (unpaired) electrons. The first-order valence-corrected chi connectivity index (χ1v) is 10.7. The fourth-order valence-electron chi connectivity index (χ4n) is 3.85. The Morgan fingerprint density at radius 3 is 2.81 bits per heavy atom. The quantitative estimate of drug-likeness (QED) is 0.642. The van der Waals surface area contributed by atoms with E-state index in [9.17, 15) is 4.79 Å². The highest BCUT2D eigenvalue weighted by atomic mass is 16.1. The van der Waals surface area contributed by atoms with Gasteiger partial charge in [0.05, 0.1) is 11.1 Å². The second-order valence-electron chi connectivity index (χ2n) is 7.98. The van der Waals surface area contributed by atoms with Crippen molar-refractivity contribution in [3.8, 4) is 11.8 Å². The van der Waals surface area contributed by atoms with Crippen LogP contribution in [0.25, 0.3) is 10.8 Å². The molecule has 1 aromatic carbocycles. The maximum Gasteiger partial charge on any atom is 0.252 e. The number of nitrogens with two attached hydrogens (primary N) is 1. The van der Waals surface area contributed by atoms with Crippen molar-refractivity contribution in [3.63, 3.8) is 0 Å². The van der Waals surface area contributed by atoms with Crippen molar-refractivity contribution < 1.29 is 4.79 Å². The maximum atomic E-state index is 12.5. The van der Waals surface area contributed by atoms with E-state index >= 15 is 0 Å². The Hall–Kier alpha value is -3.43. The number of nitrogens with one attached hydrogen (secondary N) is 1. The molecular weight excluding hydrogens is 386 g/mol. The molecule has 6 heteroatoms. The highest BCUT2D eigenvalue weighted by molar-refractivity contribution is 5.94. The number of hydrogen-bond acceptors (Lipinski definition) is 5. The zero-order chi connectivity index (χ0) is 21.6. The van der Waals surface area contributed by atoms with Crippen molar-refractivity contribution in [3.05, 3.63) is 65.1 Å². The number of carbonyl (C=O) groups is 1. The van der Waals surface area contributed by atoms with Crippen molar-refractivity contribution in [1.82, 2.24) is 20.2 Å². The summed E-state index contributed by atoms with van der Waals surface area (Å²) in [4.78, 5) is 23.4. The van der Waals surface area contributed by atoms with Gasteiger partial charge in [0.15, 0.2) is 0 Å². The van der Waals surface area contributed by atoms with E-state index in [2.05, 4.69) is 38.1 Å². The van der Waals surface area contributed by atoms with Gasteiger partial charge in [-0.25, -0.2) is 4.98 Å². The van der Waals surface area contributed by atoms with Crippen LogP contribution in [0.15, 0.2) is 42.9 Å². The highest BCUT2D eigenvalue weighted by Gasteiger charge is 2.11. The van der Waals surface area contributed by atoms with Crippen LogP contribution < -0.4 is 11.1 Å². The van der Waals surface area contributed by atoms with Gasteiger partial charge in [-0.05, 0) is 45.0 Å². The van der Waals surface area contributed by atoms with Crippen LogP contribution in [-0.2, 0) is 0 Å². The number of nitrogen functional groups attached to an aromatic ring is 1. The Labute approximate surface area is 182 Å². The Morgan fingerprint density at radius 1 is 1.13 bits per heavy atom. The Bertz CT molecular complexity index is 1150. The first kappa shape index (κ1) is 20.8. The number of aromatic nitrogens is 2. The number of hydrogen-bond donors (Lipinski definition) is 2. The summed E-state index contributed by atoms with van der Waals surface area (Å²) in [6, 6.07) is 7.87. The van der Waals surface area contributed by atoms with E-state index in [0.717, 1.165) is 36.0 Å². The predicted molar refractivity (Wildman–Crippen MR) is 124 cm³/mol. The van der Waals surface area contributed by atoms with Gasteiger partial charge in [-0.3, -0.25) is 9.78 Å². The largest absolute Gasteiger partial charge is 0.383 e. The normalized spacial score (nSPS) is 14.1. The SMILES string of the molecule is Cc1ccc2cnc(N)c(C#Cc3cncc(C(=O)NCCN4CCCCC4)c3)c2c1. The van der Waals surface area contributed by atoms with Crippen LogP contribution in [0.5, 0.6) is 0 Å². The lowest BCUT2D eigenvalue weighted by molar-refractivity contribution is 0.0946. The van der Waals surface area contributed by atoms with E-state index in [1.807, 2.05) is 19.1 Å². The summed E-state index contributed by atoms with van der Waals surface area (Å²) >= 11 is 0. The van der Waals surface area contributed by atoms with Gasteiger partial charge in [0.2, 0.25) is 0 Å². The summed E-state index contributed by atoms with van der Waals surface area (Å²) in [6.07, 6.45) is 8.77. The molecular formula is C25H27N5O. The molecule has 158 valence electrons. The van der Waals surface area contributed by atoms with Gasteiger partial charge in [-0.2, -0.15) is 0 Å². The molecule has 0 aliphatic carbocycles. The molecule has 1 aliphatic heterocycles. The second-order valence-corrected chi connectivity index (χ2v) is 7.98. The molecule has 3 heterocycles. The first-order chi connectivity index (χ1) is 15.1. The Balaban J connectivity index is 1.48. The van der Waals surface area contributed by atoms with Crippen LogP contribution in [0, 0.1) is 18.8 Å². The second kappa shape index (κ2) is 9.59. The molecule has 2 aromatic heterocycles. The fourth-order valence-corrected chi connectivity index (χ4v) is 3.85. The molecule has 4 rings (SSSR count). The summed E-state index contributed by atoms with van der Waals surface area (Å²) in [5.74, 6) is 6.50. The lowest BCUT2D eigenvalue weighted by Gasteiger charge is -2.26. The number of benzene rings is 1. The number of nitrogens with zero attached hydrogens (tertiary/aromatic N) is 3. The fraction of sp³-hybridized carbons (Fsp3) is 0.320. The summed E-state index contributed by atoms with van der Waals surface area (Å²) in [5.41, 5.74) is 9.09. The molecule has 1 fully saturated rings. The van der Waals surface area contributed by atoms with Gasteiger partial charge < -0.3 is 16.0 Å². The molecule has 3 aromatic rings. The van der Waals surface area contributed by atoms with E-state index < -0.39 is 0 Å². The van der Waals surface area contributed by atoms with E-state index in [-0.39, 0.29) is 5.91 Å². The monoisotopic (exact) mass is 413 g/mol. The molecule has 0 unspecified atom stereocenters. The van der Waals surface area contributed by atoms with Gasteiger partial charge in [0.25, 0.3) is 5.91 Å². The minimum atomic E-state index is -0.130. The number of amides is 1. The molecule has 0 bridgehead atoms. The minimum Gasteiger partial charge on any atom is -0.383 e. The molecule has 31 heavy (non-hydrogen) atoms. The van der Waals surface area contributed by atoms with Crippen LogP contribution in [0.1, 0.15) is 46.3 Å². The van der Waals surface area contributed by atoms with Crippen LogP contribution in [0.3, 0.4) is 0 Å². The highest BCUT2D eigenvalue weighted by Crippen LogP contribution is 2.22. The lowest BCUT2D eigenvalue weighted by atomic mass is 10.0. The van der Waals surface area contributed by atoms with Crippen LogP contribution in [0.4, 0.5) is 5.82 Å². The molecule has 0 atom stereocenters. The Kier molecular flexibility index (Phi) is 6.44. The number of aryl methyl sites for hydroxylation is 1. The molecule has 1 aliphatic rings.